The number of carbonyl (C=O) groups excluding carboxylic acids is 1. The molecule has 0 spiro atoms. The molecular formula is C14H27N3O. The zero-order valence-corrected chi connectivity index (χ0v) is 11.8. The Bertz CT molecular complexity index is 289. The highest BCUT2D eigenvalue weighted by atomic mass is 16.2. The fourth-order valence-electron chi connectivity index (χ4n) is 3.43. The molecule has 0 aromatic rings. The first kappa shape index (κ1) is 13.7. The average molecular weight is 253 g/mol. The largest absolute Gasteiger partial charge is 0.335 e. The van der Waals surface area contributed by atoms with Gasteiger partial charge >= 0.3 is 6.03 Å². The summed E-state index contributed by atoms with van der Waals surface area (Å²) >= 11 is 0. The lowest BCUT2D eigenvalue weighted by molar-refractivity contribution is 0.149. The Hall–Kier alpha value is -0.770. The van der Waals surface area contributed by atoms with Gasteiger partial charge in [0.2, 0.25) is 0 Å². The van der Waals surface area contributed by atoms with Crippen LogP contribution in [0, 0.1) is 0 Å². The number of hydrogen-bond acceptors (Lipinski definition) is 2. The number of likely N-dealkylation sites (tertiary alicyclic amines) is 1. The van der Waals surface area contributed by atoms with E-state index in [1.807, 2.05) is 11.9 Å². The van der Waals surface area contributed by atoms with E-state index in [4.69, 9.17) is 0 Å². The molecule has 1 heterocycles. The first-order valence-electron chi connectivity index (χ1n) is 7.38. The Morgan fingerprint density at radius 1 is 1.28 bits per heavy atom. The van der Waals surface area contributed by atoms with Gasteiger partial charge in [0.1, 0.15) is 0 Å². The van der Waals surface area contributed by atoms with Gasteiger partial charge in [-0.1, -0.05) is 19.3 Å². The van der Waals surface area contributed by atoms with Crippen molar-refractivity contribution in [3.8, 4) is 0 Å². The van der Waals surface area contributed by atoms with Crippen LogP contribution in [-0.2, 0) is 0 Å². The second-order valence-corrected chi connectivity index (χ2v) is 6.07. The molecule has 2 rings (SSSR count). The monoisotopic (exact) mass is 253 g/mol. The van der Waals surface area contributed by atoms with Gasteiger partial charge in [-0.05, 0) is 39.7 Å². The number of amides is 2. The highest BCUT2D eigenvalue weighted by Crippen LogP contribution is 2.28. The quantitative estimate of drug-likeness (QED) is 0.809. The fourth-order valence-corrected chi connectivity index (χ4v) is 3.43. The molecule has 1 atom stereocenters. The maximum atomic E-state index is 12.4. The Labute approximate surface area is 110 Å². The highest BCUT2D eigenvalue weighted by molar-refractivity contribution is 5.75. The molecule has 1 aliphatic heterocycles. The summed E-state index contributed by atoms with van der Waals surface area (Å²) in [5.74, 6) is 0. The van der Waals surface area contributed by atoms with Crippen molar-refractivity contribution in [3.05, 3.63) is 0 Å². The van der Waals surface area contributed by atoms with Crippen LogP contribution >= 0.6 is 0 Å². The topological polar surface area (TPSA) is 44.4 Å². The van der Waals surface area contributed by atoms with Crippen LogP contribution < -0.4 is 10.6 Å². The summed E-state index contributed by atoms with van der Waals surface area (Å²) < 4.78 is 0. The molecule has 1 saturated carbocycles. The van der Waals surface area contributed by atoms with E-state index in [9.17, 15) is 4.79 Å². The Kier molecular flexibility index (Phi) is 4.49. The maximum Gasteiger partial charge on any atom is 0.318 e. The van der Waals surface area contributed by atoms with Crippen molar-refractivity contribution in [2.75, 3.05) is 20.1 Å². The van der Waals surface area contributed by atoms with Crippen molar-refractivity contribution in [1.82, 2.24) is 15.5 Å². The van der Waals surface area contributed by atoms with Gasteiger partial charge < -0.3 is 15.5 Å². The normalized spacial score (nSPS) is 29.6. The molecular weight excluding hydrogens is 226 g/mol. The molecule has 104 valence electrons. The summed E-state index contributed by atoms with van der Waals surface area (Å²) in [7, 11) is 1.96. The number of likely N-dealkylation sites (N-methyl/N-ethyl adjacent to an activating group) is 1. The van der Waals surface area contributed by atoms with E-state index in [0.717, 1.165) is 38.8 Å². The van der Waals surface area contributed by atoms with Gasteiger partial charge in [-0.15, -0.1) is 0 Å². The number of rotatable bonds is 3. The van der Waals surface area contributed by atoms with Crippen LogP contribution in [0.15, 0.2) is 0 Å². The molecule has 18 heavy (non-hydrogen) atoms. The van der Waals surface area contributed by atoms with Crippen LogP contribution in [-0.4, -0.2) is 42.6 Å². The number of hydrogen-bond donors (Lipinski definition) is 2. The first-order chi connectivity index (χ1) is 8.65. The molecule has 2 N–H and O–H groups in total. The van der Waals surface area contributed by atoms with Crippen molar-refractivity contribution in [3.63, 3.8) is 0 Å². The van der Waals surface area contributed by atoms with Gasteiger partial charge in [0, 0.05) is 19.1 Å². The molecule has 2 amide bonds. The zero-order chi connectivity index (χ0) is 13.0. The number of nitrogens with zero attached hydrogens (tertiary/aromatic N) is 1. The van der Waals surface area contributed by atoms with E-state index < -0.39 is 0 Å². The van der Waals surface area contributed by atoms with Crippen LogP contribution in [0.2, 0.25) is 0 Å². The van der Waals surface area contributed by atoms with Crippen LogP contribution in [0.5, 0.6) is 0 Å². The highest BCUT2D eigenvalue weighted by Gasteiger charge is 2.39. The molecule has 0 radical (unpaired) electrons. The lowest BCUT2D eigenvalue weighted by Crippen LogP contribution is -2.55. The van der Waals surface area contributed by atoms with Crippen molar-refractivity contribution in [2.45, 2.75) is 63.5 Å². The summed E-state index contributed by atoms with van der Waals surface area (Å²) in [6.45, 7) is 3.97. The summed E-state index contributed by atoms with van der Waals surface area (Å²) in [6, 6.07) is 0.558. The molecule has 0 aromatic heterocycles. The Morgan fingerprint density at radius 2 is 2.00 bits per heavy atom. The standard InChI is InChI=1S/C14H27N3O/c1-14(11-15-2)9-6-10-17(14)13(18)16-12-7-4-3-5-8-12/h12,15H,3-11H2,1-2H3,(H,16,18). The van der Waals surface area contributed by atoms with Gasteiger partial charge in [0.05, 0.1) is 5.54 Å². The third kappa shape index (κ3) is 2.97. The molecule has 4 heteroatoms. The summed E-state index contributed by atoms with van der Waals surface area (Å²) in [5, 5.41) is 6.45. The molecule has 4 nitrogen and oxygen atoms in total. The third-order valence-corrected chi connectivity index (χ3v) is 4.48. The smallest absolute Gasteiger partial charge is 0.318 e. The minimum Gasteiger partial charge on any atom is -0.335 e. The van der Waals surface area contributed by atoms with E-state index in [2.05, 4.69) is 17.6 Å². The summed E-state index contributed by atoms with van der Waals surface area (Å²) in [4.78, 5) is 14.4. The van der Waals surface area contributed by atoms with E-state index in [-0.39, 0.29) is 11.6 Å². The molecule has 2 fully saturated rings. The maximum absolute atomic E-state index is 12.4. The van der Waals surface area contributed by atoms with Crippen molar-refractivity contribution < 1.29 is 4.79 Å². The van der Waals surface area contributed by atoms with Gasteiger partial charge in [-0.2, -0.15) is 0 Å². The van der Waals surface area contributed by atoms with Crippen LogP contribution in [0.25, 0.3) is 0 Å². The summed E-state index contributed by atoms with van der Waals surface area (Å²) in [5.41, 5.74) is -0.00645. The minimum absolute atomic E-state index is 0.00645. The molecule has 1 saturated heterocycles. The lowest BCUT2D eigenvalue weighted by Gasteiger charge is -2.36. The van der Waals surface area contributed by atoms with E-state index in [1.54, 1.807) is 0 Å². The number of urea groups is 1. The van der Waals surface area contributed by atoms with Crippen LogP contribution in [0.1, 0.15) is 51.9 Å². The number of carbonyl (C=O) groups is 1. The molecule has 0 bridgehead atoms. The summed E-state index contributed by atoms with van der Waals surface area (Å²) in [6.07, 6.45) is 8.39. The molecule has 0 aromatic carbocycles. The average Bonchev–Trinajstić information content (AvgIpc) is 2.73. The van der Waals surface area contributed by atoms with Gasteiger partial charge in [-0.25, -0.2) is 4.79 Å². The van der Waals surface area contributed by atoms with Gasteiger partial charge in [-0.3, -0.25) is 0 Å². The Balaban J connectivity index is 1.90. The van der Waals surface area contributed by atoms with E-state index >= 15 is 0 Å². The fraction of sp³-hybridized carbons (Fsp3) is 0.929. The number of nitrogens with one attached hydrogen (secondary N) is 2. The predicted molar refractivity (Wildman–Crippen MR) is 73.7 cm³/mol. The second-order valence-electron chi connectivity index (χ2n) is 6.07. The van der Waals surface area contributed by atoms with Crippen molar-refractivity contribution in [1.29, 1.82) is 0 Å². The van der Waals surface area contributed by atoms with Gasteiger partial charge in [0.25, 0.3) is 0 Å². The van der Waals surface area contributed by atoms with Gasteiger partial charge in [0.15, 0.2) is 0 Å². The third-order valence-electron chi connectivity index (χ3n) is 4.48. The first-order valence-corrected chi connectivity index (χ1v) is 7.38. The van der Waals surface area contributed by atoms with E-state index in [0.29, 0.717) is 6.04 Å². The van der Waals surface area contributed by atoms with Crippen molar-refractivity contribution >= 4 is 6.03 Å². The van der Waals surface area contributed by atoms with Crippen LogP contribution in [0.4, 0.5) is 4.79 Å². The second kappa shape index (κ2) is 5.91. The minimum atomic E-state index is -0.00645. The lowest BCUT2D eigenvalue weighted by atomic mass is 9.95. The predicted octanol–water partition coefficient (Wildman–Crippen LogP) is 2.10. The molecule has 2 aliphatic rings. The molecule has 1 aliphatic carbocycles. The van der Waals surface area contributed by atoms with E-state index in [1.165, 1.54) is 19.3 Å². The van der Waals surface area contributed by atoms with Crippen LogP contribution in [0.3, 0.4) is 0 Å². The molecule has 1 unspecified atom stereocenters. The Morgan fingerprint density at radius 3 is 2.67 bits per heavy atom. The SMILES string of the molecule is CNCC1(C)CCCN1C(=O)NC1CCCCC1. The zero-order valence-electron chi connectivity index (χ0n) is 11.8. The van der Waals surface area contributed by atoms with Crippen molar-refractivity contribution in [2.24, 2.45) is 0 Å².